The molecule has 0 aliphatic carbocycles. The number of anilines is 1. The minimum Gasteiger partial charge on any atom is -0.478 e. The van der Waals surface area contributed by atoms with E-state index in [9.17, 15) is 14.4 Å². The minimum atomic E-state index is -1.22. The number of rotatable bonds is 4. The molecule has 0 saturated heterocycles. The number of aryl methyl sites for hydroxylation is 2. The zero-order chi connectivity index (χ0) is 18.7. The number of nitriles is 1. The van der Waals surface area contributed by atoms with Crippen LogP contribution in [0.15, 0.2) is 29.1 Å². The Morgan fingerprint density at radius 3 is 2.60 bits per heavy atom. The molecule has 2 N–H and O–H groups in total. The maximum absolute atomic E-state index is 12.3. The summed E-state index contributed by atoms with van der Waals surface area (Å²) in [6.07, 6.45) is 0. The highest BCUT2D eigenvalue weighted by molar-refractivity contribution is 6.33. The fraction of sp³-hybridized carbons (Fsp3) is 0.176. The number of halogens is 1. The summed E-state index contributed by atoms with van der Waals surface area (Å²) in [6.45, 7) is 3.01. The highest BCUT2D eigenvalue weighted by Crippen LogP contribution is 2.20. The third-order valence-corrected chi connectivity index (χ3v) is 3.93. The predicted molar refractivity (Wildman–Crippen MR) is 91.9 cm³/mol. The van der Waals surface area contributed by atoms with Gasteiger partial charge < -0.3 is 15.0 Å². The van der Waals surface area contributed by atoms with Crippen molar-refractivity contribution < 1.29 is 14.7 Å². The summed E-state index contributed by atoms with van der Waals surface area (Å²) >= 11 is 5.78. The summed E-state index contributed by atoms with van der Waals surface area (Å²) < 4.78 is 1.19. The molecule has 0 aliphatic rings. The first-order chi connectivity index (χ1) is 11.7. The van der Waals surface area contributed by atoms with E-state index in [0.29, 0.717) is 11.3 Å². The van der Waals surface area contributed by atoms with Gasteiger partial charge in [-0.1, -0.05) is 11.6 Å². The number of hydrogen-bond donors (Lipinski definition) is 2. The third-order valence-electron chi connectivity index (χ3n) is 3.60. The molecule has 7 nitrogen and oxygen atoms in total. The van der Waals surface area contributed by atoms with Crippen LogP contribution in [0.2, 0.25) is 5.02 Å². The van der Waals surface area contributed by atoms with Gasteiger partial charge in [0.2, 0.25) is 5.91 Å². The maximum atomic E-state index is 12.3. The highest BCUT2D eigenvalue weighted by Gasteiger charge is 2.14. The summed E-state index contributed by atoms with van der Waals surface area (Å²) in [6, 6.07) is 7.53. The number of hydrogen-bond acceptors (Lipinski definition) is 4. The van der Waals surface area contributed by atoms with Crippen LogP contribution in [0, 0.1) is 25.2 Å². The lowest BCUT2D eigenvalue weighted by atomic mass is 10.1. The molecule has 0 fully saturated rings. The average molecular weight is 360 g/mol. The lowest BCUT2D eigenvalue weighted by molar-refractivity contribution is -0.116. The Hall–Kier alpha value is -3.11. The standard InChI is InChI=1S/C17H14ClN3O4/c1-9-5-10(2)21(16(23)13(9)7-19)8-15(22)20-11-3-4-14(18)12(6-11)17(24)25/h3-6H,8H2,1-2H3,(H,20,22)(H,24,25). The van der Waals surface area contributed by atoms with Gasteiger partial charge in [0.15, 0.2) is 0 Å². The van der Waals surface area contributed by atoms with Crippen molar-refractivity contribution in [1.82, 2.24) is 4.57 Å². The number of carbonyl (C=O) groups excluding carboxylic acids is 1. The maximum Gasteiger partial charge on any atom is 0.337 e. The van der Waals surface area contributed by atoms with E-state index in [4.69, 9.17) is 22.0 Å². The van der Waals surface area contributed by atoms with Crippen LogP contribution in [-0.2, 0) is 11.3 Å². The molecule has 1 amide bonds. The van der Waals surface area contributed by atoms with Crippen LogP contribution in [0.3, 0.4) is 0 Å². The highest BCUT2D eigenvalue weighted by atomic mass is 35.5. The smallest absolute Gasteiger partial charge is 0.337 e. The molecule has 128 valence electrons. The van der Waals surface area contributed by atoms with Gasteiger partial charge in [-0.15, -0.1) is 0 Å². The Bertz CT molecular complexity index is 973. The van der Waals surface area contributed by atoms with E-state index in [1.165, 1.54) is 22.8 Å². The van der Waals surface area contributed by atoms with Gasteiger partial charge in [0.1, 0.15) is 18.2 Å². The Morgan fingerprint density at radius 1 is 1.32 bits per heavy atom. The molecule has 2 rings (SSSR count). The Labute approximate surface area is 148 Å². The van der Waals surface area contributed by atoms with Crippen LogP contribution in [0.5, 0.6) is 0 Å². The van der Waals surface area contributed by atoms with Crippen molar-refractivity contribution in [3.8, 4) is 6.07 Å². The molecule has 0 radical (unpaired) electrons. The van der Waals surface area contributed by atoms with E-state index in [0.717, 1.165) is 0 Å². The van der Waals surface area contributed by atoms with Crippen molar-refractivity contribution in [2.24, 2.45) is 0 Å². The second-order valence-electron chi connectivity index (χ2n) is 5.39. The van der Waals surface area contributed by atoms with E-state index in [1.807, 2.05) is 6.07 Å². The summed E-state index contributed by atoms with van der Waals surface area (Å²) in [4.78, 5) is 35.6. The Kier molecular flexibility index (Phi) is 5.25. The van der Waals surface area contributed by atoms with Crippen LogP contribution in [0.1, 0.15) is 27.2 Å². The van der Waals surface area contributed by atoms with Gasteiger partial charge in [-0.25, -0.2) is 4.79 Å². The molecule has 0 spiro atoms. The van der Waals surface area contributed by atoms with Crippen LogP contribution < -0.4 is 10.9 Å². The summed E-state index contributed by atoms with van der Waals surface area (Å²) in [5, 5.41) is 20.7. The van der Waals surface area contributed by atoms with E-state index >= 15 is 0 Å². The molecule has 0 atom stereocenters. The van der Waals surface area contributed by atoms with Crippen molar-refractivity contribution in [2.75, 3.05) is 5.32 Å². The third kappa shape index (κ3) is 3.87. The van der Waals surface area contributed by atoms with Crippen LogP contribution >= 0.6 is 11.6 Å². The second kappa shape index (κ2) is 7.20. The first kappa shape index (κ1) is 18.2. The molecule has 1 heterocycles. The number of nitrogens with one attached hydrogen (secondary N) is 1. The fourth-order valence-electron chi connectivity index (χ4n) is 2.37. The molecule has 25 heavy (non-hydrogen) atoms. The Morgan fingerprint density at radius 2 is 2.00 bits per heavy atom. The van der Waals surface area contributed by atoms with Gasteiger partial charge in [0.25, 0.3) is 5.56 Å². The molecule has 0 saturated carbocycles. The number of carboxylic acids is 1. The van der Waals surface area contributed by atoms with Crippen molar-refractivity contribution >= 4 is 29.2 Å². The number of amides is 1. The van der Waals surface area contributed by atoms with E-state index < -0.39 is 17.4 Å². The minimum absolute atomic E-state index is 0.0157. The number of aromatic nitrogens is 1. The number of pyridine rings is 1. The first-order valence-electron chi connectivity index (χ1n) is 7.18. The number of carbonyl (C=O) groups is 2. The topological polar surface area (TPSA) is 112 Å². The normalized spacial score (nSPS) is 10.2. The van der Waals surface area contributed by atoms with Crippen LogP contribution in [0.25, 0.3) is 0 Å². The number of aromatic carboxylic acids is 1. The van der Waals surface area contributed by atoms with E-state index in [1.54, 1.807) is 19.9 Å². The molecule has 0 bridgehead atoms. The van der Waals surface area contributed by atoms with Gasteiger partial charge in [0, 0.05) is 11.4 Å². The van der Waals surface area contributed by atoms with Crippen LogP contribution in [-0.4, -0.2) is 21.6 Å². The summed E-state index contributed by atoms with van der Waals surface area (Å²) in [5.41, 5.74) is 0.625. The summed E-state index contributed by atoms with van der Waals surface area (Å²) in [7, 11) is 0. The molecule has 8 heteroatoms. The van der Waals surface area contributed by atoms with E-state index in [-0.39, 0.29) is 28.4 Å². The van der Waals surface area contributed by atoms with Gasteiger partial charge in [0.05, 0.1) is 10.6 Å². The fourth-order valence-corrected chi connectivity index (χ4v) is 2.57. The summed E-state index contributed by atoms with van der Waals surface area (Å²) in [5.74, 6) is -1.75. The SMILES string of the molecule is Cc1cc(C)n(CC(=O)Nc2ccc(Cl)c(C(=O)O)c2)c(=O)c1C#N. The zero-order valence-corrected chi connectivity index (χ0v) is 14.2. The monoisotopic (exact) mass is 359 g/mol. The van der Waals surface area contributed by atoms with Crippen molar-refractivity contribution in [1.29, 1.82) is 5.26 Å². The molecule has 2 aromatic rings. The number of carboxylic acid groups (broad SMARTS) is 1. The van der Waals surface area contributed by atoms with E-state index in [2.05, 4.69) is 5.32 Å². The quantitative estimate of drug-likeness (QED) is 0.869. The predicted octanol–water partition coefficient (Wildman–Crippen LogP) is 2.33. The number of nitrogens with zero attached hydrogens (tertiary/aromatic N) is 2. The van der Waals surface area contributed by atoms with Crippen LogP contribution in [0.4, 0.5) is 5.69 Å². The largest absolute Gasteiger partial charge is 0.478 e. The molecular weight excluding hydrogens is 346 g/mol. The molecule has 1 aromatic heterocycles. The lowest BCUT2D eigenvalue weighted by Crippen LogP contribution is -2.31. The van der Waals surface area contributed by atoms with Crippen molar-refractivity contribution in [3.05, 3.63) is 62.0 Å². The molecule has 1 aromatic carbocycles. The van der Waals surface area contributed by atoms with Gasteiger partial charge in [-0.05, 0) is 43.7 Å². The molecule has 0 unspecified atom stereocenters. The average Bonchev–Trinajstić information content (AvgIpc) is 2.53. The lowest BCUT2D eigenvalue weighted by Gasteiger charge is -2.12. The van der Waals surface area contributed by atoms with Crippen molar-refractivity contribution in [2.45, 2.75) is 20.4 Å². The zero-order valence-electron chi connectivity index (χ0n) is 13.5. The molecular formula is C17H14ClN3O4. The molecule has 0 aliphatic heterocycles. The van der Waals surface area contributed by atoms with Gasteiger partial charge in [-0.2, -0.15) is 5.26 Å². The first-order valence-corrected chi connectivity index (χ1v) is 7.56. The Balaban J connectivity index is 2.28. The van der Waals surface area contributed by atoms with Crippen molar-refractivity contribution in [3.63, 3.8) is 0 Å². The number of benzene rings is 1. The van der Waals surface area contributed by atoms with Gasteiger partial charge in [-0.3, -0.25) is 9.59 Å². The van der Waals surface area contributed by atoms with Gasteiger partial charge >= 0.3 is 5.97 Å². The second-order valence-corrected chi connectivity index (χ2v) is 5.80.